The molecule has 0 unspecified atom stereocenters. The highest BCUT2D eigenvalue weighted by molar-refractivity contribution is 5.94. The number of benzene rings is 1. The number of halogens is 2. The Bertz CT molecular complexity index is 440. The van der Waals surface area contributed by atoms with Crippen LogP contribution in [0.1, 0.15) is 17.3 Å². The van der Waals surface area contributed by atoms with Crippen molar-refractivity contribution in [2.24, 2.45) is 0 Å². The van der Waals surface area contributed by atoms with Gasteiger partial charge in [-0.2, -0.15) is 5.26 Å². The van der Waals surface area contributed by atoms with Crippen LogP contribution >= 0.6 is 0 Å². The molecule has 3 nitrogen and oxygen atoms in total. The summed E-state index contributed by atoms with van der Waals surface area (Å²) in [4.78, 5) is 13.0. The third-order valence-corrected chi connectivity index (χ3v) is 2.10. The van der Waals surface area contributed by atoms with E-state index in [4.69, 9.17) is 5.26 Å². The van der Waals surface area contributed by atoms with Gasteiger partial charge in [-0.1, -0.05) is 0 Å². The summed E-state index contributed by atoms with van der Waals surface area (Å²) in [6.07, 6.45) is 0. The Kier molecular flexibility index (Phi) is 3.95. The van der Waals surface area contributed by atoms with Crippen LogP contribution in [0.15, 0.2) is 18.2 Å². The molecule has 0 N–H and O–H groups in total. The number of nitriles is 1. The molecule has 0 aliphatic rings. The first-order chi connectivity index (χ1) is 7.60. The minimum absolute atomic E-state index is 0.0380. The minimum Gasteiger partial charge on any atom is -0.326 e. The lowest BCUT2D eigenvalue weighted by Crippen LogP contribution is -2.31. The molecule has 0 radical (unpaired) electrons. The van der Waals surface area contributed by atoms with Crippen LogP contribution in [0.4, 0.5) is 8.78 Å². The Morgan fingerprint density at radius 1 is 1.44 bits per heavy atom. The molecule has 0 fully saturated rings. The number of rotatable bonds is 3. The molecule has 0 atom stereocenters. The predicted molar refractivity (Wildman–Crippen MR) is 53.5 cm³/mol. The van der Waals surface area contributed by atoms with Crippen LogP contribution in [0.3, 0.4) is 0 Å². The van der Waals surface area contributed by atoms with Crippen molar-refractivity contribution in [3.8, 4) is 6.07 Å². The van der Waals surface area contributed by atoms with Gasteiger partial charge in [0, 0.05) is 12.1 Å². The lowest BCUT2D eigenvalue weighted by atomic mass is 10.2. The van der Waals surface area contributed by atoms with Gasteiger partial charge in [0.15, 0.2) is 11.6 Å². The van der Waals surface area contributed by atoms with Crippen molar-refractivity contribution in [1.29, 1.82) is 5.26 Å². The molecule has 0 heterocycles. The van der Waals surface area contributed by atoms with Gasteiger partial charge in [-0.25, -0.2) is 8.78 Å². The summed E-state index contributed by atoms with van der Waals surface area (Å²) in [5.41, 5.74) is 0.0380. The van der Waals surface area contributed by atoms with Gasteiger partial charge in [-0.3, -0.25) is 4.79 Å². The Labute approximate surface area is 91.9 Å². The Morgan fingerprint density at radius 2 is 2.12 bits per heavy atom. The molecule has 0 aliphatic heterocycles. The summed E-state index contributed by atoms with van der Waals surface area (Å²) in [5, 5.41) is 8.48. The van der Waals surface area contributed by atoms with E-state index in [1.807, 2.05) is 6.07 Å². The molecular weight excluding hydrogens is 214 g/mol. The third kappa shape index (κ3) is 2.54. The molecule has 0 bridgehead atoms. The van der Waals surface area contributed by atoms with E-state index >= 15 is 0 Å². The zero-order valence-corrected chi connectivity index (χ0v) is 8.70. The van der Waals surface area contributed by atoms with Gasteiger partial charge in [-0.05, 0) is 25.1 Å². The van der Waals surface area contributed by atoms with Crippen molar-refractivity contribution in [3.05, 3.63) is 35.4 Å². The molecule has 84 valence electrons. The predicted octanol–water partition coefficient (Wildman–Crippen LogP) is 1.95. The first kappa shape index (κ1) is 12.1. The number of hydrogen-bond donors (Lipinski definition) is 0. The van der Waals surface area contributed by atoms with Crippen molar-refractivity contribution >= 4 is 5.91 Å². The molecular formula is C11H10F2N2O. The van der Waals surface area contributed by atoms with E-state index in [0.717, 1.165) is 12.1 Å². The molecule has 1 amide bonds. The topological polar surface area (TPSA) is 44.1 Å². The number of hydrogen-bond acceptors (Lipinski definition) is 2. The Balaban J connectivity index is 2.95. The normalized spacial score (nSPS) is 9.62. The lowest BCUT2D eigenvalue weighted by molar-refractivity contribution is 0.0783. The van der Waals surface area contributed by atoms with Gasteiger partial charge < -0.3 is 4.90 Å². The average molecular weight is 224 g/mol. The van der Waals surface area contributed by atoms with Gasteiger partial charge in [0.05, 0.1) is 6.07 Å². The molecule has 0 aromatic heterocycles. The van der Waals surface area contributed by atoms with Gasteiger partial charge in [0.2, 0.25) is 0 Å². The molecule has 1 aromatic rings. The first-order valence-corrected chi connectivity index (χ1v) is 4.71. The summed E-state index contributed by atoms with van der Waals surface area (Å²) in [6, 6.07) is 4.75. The maximum atomic E-state index is 12.9. The van der Waals surface area contributed by atoms with Crippen molar-refractivity contribution in [1.82, 2.24) is 4.90 Å². The van der Waals surface area contributed by atoms with E-state index in [0.29, 0.717) is 6.54 Å². The van der Waals surface area contributed by atoms with E-state index in [-0.39, 0.29) is 12.1 Å². The summed E-state index contributed by atoms with van der Waals surface area (Å²) in [6.45, 7) is 1.97. The largest absolute Gasteiger partial charge is 0.326 e. The average Bonchev–Trinajstić information content (AvgIpc) is 2.28. The van der Waals surface area contributed by atoms with Crippen molar-refractivity contribution in [3.63, 3.8) is 0 Å². The van der Waals surface area contributed by atoms with Crippen LogP contribution in [-0.4, -0.2) is 23.9 Å². The van der Waals surface area contributed by atoms with Crippen LogP contribution in [0.5, 0.6) is 0 Å². The Hall–Kier alpha value is -1.96. The number of nitrogens with zero attached hydrogens (tertiary/aromatic N) is 2. The van der Waals surface area contributed by atoms with Gasteiger partial charge in [0.1, 0.15) is 6.54 Å². The summed E-state index contributed by atoms with van der Waals surface area (Å²) in [7, 11) is 0. The standard InChI is InChI=1S/C11H10F2N2O/c1-2-15(6-5-14)11(16)8-3-4-9(12)10(13)7-8/h3-4,7H,2,6H2,1H3. The third-order valence-electron chi connectivity index (χ3n) is 2.10. The summed E-state index contributed by atoms with van der Waals surface area (Å²) in [5.74, 6) is -2.55. The van der Waals surface area contributed by atoms with Crippen LogP contribution in [0, 0.1) is 23.0 Å². The van der Waals surface area contributed by atoms with Crippen molar-refractivity contribution < 1.29 is 13.6 Å². The fourth-order valence-electron chi connectivity index (χ4n) is 1.22. The zero-order chi connectivity index (χ0) is 12.1. The van der Waals surface area contributed by atoms with E-state index in [9.17, 15) is 13.6 Å². The lowest BCUT2D eigenvalue weighted by Gasteiger charge is -2.17. The maximum Gasteiger partial charge on any atom is 0.254 e. The zero-order valence-electron chi connectivity index (χ0n) is 8.70. The van der Waals surface area contributed by atoms with Crippen molar-refractivity contribution in [2.45, 2.75) is 6.92 Å². The van der Waals surface area contributed by atoms with Gasteiger partial charge in [0.25, 0.3) is 5.91 Å². The fourth-order valence-corrected chi connectivity index (χ4v) is 1.22. The first-order valence-electron chi connectivity index (χ1n) is 4.71. The minimum atomic E-state index is -1.07. The van der Waals surface area contributed by atoms with Crippen LogP contribution in [-0.2, 0) is 0 Å². The molecule has 0 spiro atoms. The Morgan fingerprint density at radius 3 is 2.62 bits per heavy atom. The highest BCUT2D eigenvalue weighted by Crippen LogP contribution is 2.10. The summed E-state index contributed by atoms with van der Waals surface area (Å²) >= 11 is 0. The number of amides is 1. The molecule has 16 heavy (non-hydrogen) atoms. The fraction of sp³-hybridized carbons (Fsp3) is 0.273. The second kappa shape index (κ2) is 5.21. The van der Waals surface area contributed by atoms with Crippen LogP contribution < -0.4 is 0 Å². The molecule has 0 saturated heterocycles. The molecule has 0 saturated carbocycles. The van der Waals surface area contributed by atoms with Crippen LogP contribution in [0.2, 0.25) is 0 Å². The highest BCUT2D eigenvalue weighted by Gasteiger charge is 2.15. The van der Waals surface area contributed by atoms with E-state index in [2.05, 4.69) is 0 Å². The second-order valence-electron chi connectivity index (χ2n) is 3.11. The van der Waals surface area contributed by atoms with Crippen molar-refractivity contribution in [2.75, 3.05) is 13.1 Å². The summed E-state index contributed by atoms with van der Waals surface area (Å²) < 4.78 is 25.5. The van der Waals surface area contributed by atoms with E-state index in [1.54, 1.807) is 6.92 Å². The van der Waals surface area contributed by atoms with Crippen LogP contribution in [0.25, 0.3) is 0 Å². The monoisotopic (exact) mass is 224 g/mol. The molecule has 1 aromatic carbocycles. The number of carbonyl (C=O) groups is 1. The SMILES string of the molecule is CCN(CC#N)C(=O)c1ccc(F)c(F)c1. The quantitative estimate of drug-likeness (QED) is 0.736. The van der Waals surface area contributed by atoms with Gasteiger partial charge in [-0.15, -0.1) is 0 Å². The van der Waals surface area contributed by atoms with E-state index < -0.39 is 17.5 Å². The molecule has 0 aliphatic carbocycles. The maximum absolute atomic E-state index is 12.9. The number of carbonyl (C=O) groups excluding carboxylic acids is 1. The van der Waals surface area contributed by atoms with E-state index in [1.165, 1.54) is 11.0 Å². The highest BCUT2D eigenvalue weighted by atomic mass is 19.2. The molecule has 1 rings (SSSR count). The smallest absolute Gasteiger partial charge is 0.254 e. The van der Waals surface area contributed by atoms with Gasteiger partial charge >= 0.3 is 0 Å². The molecule has 5 heteroatoms. The second-order valence-corrected chi connectivity index (χ2v) is 3.11.